The van der Waals surface area contributed by atoms with Gasteiger partial charge in [-0.15, -0.1) is 0 Å². The molecule has 2 heteroatoms. The van der Waals surface area contributed by atoms with Crippen LogP contribution in [0.3, 0.4) is 0 Å². The minimum atomic E-state index is -0.246. The van der Waals surface area contributed by atoms with Crippen molar-refractivity contribution in [3.8, 4) is 0 Å². The molecule has 1 atom stereocenters. The fourth-order valence-electron chi connectivity index (χ4n) is 1.56. The van der Waals surface area contributed by atoms with Crippen LogP contribution in [0.2, 0.25) is 0 Å². The molecule has 1 heterocycles. The molecule has 0 aromatic heterocycles. The number of rotatable bonds is 0. The van der Waals surface area contributed by atoms with Gasteiger partial charge in [-0.2, -0.15) is 0 Å². The second-order valence-corrected chi connectivity index (χ2v) is 4.01. The lowest BCUT2D eigenvalue weighted by Gasteiger charge is -2.10. The summed E-state index contributed by atoms with van der Waals surface area (Å²) >= 11 is 0. The first-order valence-electron chi connectivity index (χ1n) is 5.98. The van der Waals surface area contributed by atoms with Gasteiger partial charge in [0.1, 0.15) is 0 Å². The van der Waals surface area contributed by atoms with Gasteiger partial charge in [-0.3, -0.25) is 0 Å². The van der Waals surface area contributed by atoms with E-state index in [1.165, 1.54) is 6.08 Å². The molecule has 0 unspecified atom stereocenters. The molecule has 0 aliphatic carbocycles. The van der Waals surface area contributed by atoms with Crippen LogP contribution >= 0.6 is 0 Å². The SMILES string of the molecule is C[C@H]1CCCC=CCCC=CC=CC(=O)O1. The van der Waals surface area contributed by atoms with Gasteiger partial charge in [0.15, 0.2) is 0 Å². The Bertz CT molecular complexity index is 287. The van der Waals surface area contributed by atoms with Crippen LogP contribution in [0.15, 0.2) is 36.5 Å². The lowest BCUT2D eigenvalue weighted by Crippen LogP contribution is -2.12. The molecule has 1 rings (SSSR count). The number of hydrogen-bond donors (Lipinski definition) is 0. The molecule has 0 spiro atoms. The van der Waals surface area contributed by atoms with Crippen LogP contribution in [-0.2, 0) is 9.53 Å². The van der Waals surface area contributed by atoms with E-state index in [4.69, 9.17) is 4.74 Å². The number of carbonyl (C=O) groups is 1. The number of cyclic esters (lactones) is 1. The number of esters is 1. The second kappa shape index (κ2) is 7.91. The predicted molar refractivity (Wildman–Crippen MR) is 66.1 cm³/mol. The largest absolute Gasteiger partial charge is 0.460 e. The Balaban J connectivity index is 2.49. The minimum Gasteiger partial charge on any atom is -0.460 e. The third kappa shape index (κ3) is 6.23. The Labute approximate surface area is 97.7 Å². The van der Waals surface area contributed by atoms with Crippen molar-refractivity contribution in [3.05, 3.63) is 36.5 Å². The Hall–Kier alpha value is -1.31. The zero-order chi connectivity index (χ0) is 11.6. The zero-order valence-electron chi connectivity index (χ0n) is 9.89. The molecule has 0 saturated heterocycles. The van der Waals surface area contributed by atoms with Crippen molar-refractivity contribution in [1.82, 2.24) is 0 Å². The van der Waals surface area contributed by atoms with Crippen molar-refractivity contribution in [3.63, 3.8) is 0 Å². The summed E-state index contributed by atoms with van der Waals surface area (Å²) in [7, 11) is 0. The van der Waals surface area contributed by atoms with E-state index in [1.54, 1.807) is 6.08 Å². The molecule has 16 heavy (non-hydrogen) atoms. The molecule has 0 bridgehead atoms. The Morgan fingerprint density at radius 1 is 1.12 bits per heavy atom. The van der Waals surface area contributed by atoms with Gasteiger partial charge in [-0.1, -0.05) is 30.4 Å². The van der Waals surface area contributed by atoms with E-state index in [9.17, 15) is 4.79 Å². The van der Waals surface area contributed by atoms with Crippen molar-refractivity contribution in [1.29, 1.82) is 0 Å². The fraction of sp³-hybridized carbons (Fsp3) is 0.500. The Morgan fingerprint density at radius 2 is 1.88 bits per heavy atom. The van der Waals surface area contributed by atoms with Crippen molar-refractivity contribution in [2.45, 2.75) is 45.1 Å². The van der Waals surface area contributed by atoms with Crippen molar-refractivity contribution < 1.29 is 9.53 Å². The topological polar surface area (TPSA) is 26.3 Å². The molecule has 1 aliphatic rings. The first kappa shape index (κ1) is 12.8. The molecule has 0 saturated carbocycles. The molecular formula is C14H20O2. The van der Waals surface area contributed by atoms with E-state index in [0.717, 1.165) is 32.1 Å². The van der Waals surface area contributed by atoms with Gasteiger partial charge in [0, 0.05) is 6.08 Å². The van der Waals surface area contributed by atoms with E-state index in [2.05, 4.69) is 18.2 Å². The molecule has 2 nitrogen and oxygen atoms in total. The number of carbonyl (C=O) groups excluding carboxylic acids is 1. The van der Waals surface area contributed by atoms with Crippen LogP contribution in [0.25, 0.3) is 0 Å². The quantitative estimate of drug-likeness (QED) is 0.461. The summed E-state index contributed by atoms with van der Waals surface area (Å²) in [5.74, 6) is -0.246. The monoisotopic (exact) mass is 220 g/mol. The summed E-state index contributed by atoms with van der Waals surface area (Å²) in [6.07, 6.45) is 16.8. The highest BCUT2D eigenvalue weighted by atomic mass is 16.5. The van der Waals surface area contributed by atoms with Crippen LogP contribution < -0.4 is 0 Å². The standard InChI is InChI=1S/C14H20O2/c1-13-11-9-7-5-3-2-4-6-8-10-12-14(15)16-13/h3,5-6,8,10,12-13H,2,4,7,9,11H2,1H3/t13-/m0/s1. The summed E-state index contributed by atoms with van der Waals surface area (Å²) in [6.45, 7) is 1.94. The average Bonchev–Trinajstić information content (AvgIpc) is 2.25. The van der Waals surface area contributed by atoms with E-state index < -0.39 is 0 Å². The van der Waals surface area contributed by atoms with Crippen LogP contribution in [0.4, 0.5) is 0 Å². The normalized spacial score (nSPS) is 23.8. The van der Waals surface area contributed by atoms with Crippen molar-refractivity contribution in [2.24, 2.45) is 0 Å². The van der Waals surface area contributed by atoms with Gasteiger partial charge < -0.3 is 4.74 Å². The van der Waals surface area contributed by atoms with Gasteiger partial charge in [-0.25, -0.2) is 4.79 Å². The summed E-state index contributed by atoms with van der Waals surface area (Å²) in [6, 6.07) is 0. The highest BCUT2D eigenvalue weighted by Gasteiger charge is 2.05. The van der Waals surface area contributed by atoms with Gasteiger partial charge in [0.25, 0.3) is 0 Å². The van der Waals surface area contributed by atoms with E-state index in [1.807, 2.05) is 13.0 Å². The van der Waals surface area contributed by atoms with Gasteiger partial charge >= 0.3 is 5.97 Å². The lowest BCUT2D eigenvalue weighted by atomic mass is 10.1. The summed E-state index contributed by atoms with van der Waals surface area (Å²) in [5, 5.41) is 0. The van der Waals surface area contributed by atoms with Crippen molar-refractivity contribution in [2.75, 3.05) is 0 Å². The molecule has 88 valence electrons. The molecule has 0 amide bonds. The molecule has 0 aromatic rings. The average molecular weight is 220 g/mol. The van der Waals surface area contributed by atoms with Crippen molar-refractivity contribution >= 4 is 5.97 Å². The summed E-state index contributed by atoms with van der Waals surface area (Å²) in [4.78, 5) is 11.3. The first-order valence-corrected chi connectivity index (χ1v) is 5.98. The number of ether oxygens (including phenoxy) is 1. The molecule has 0 N–H and O–H groups in total. The van der Waals surface area contributed by atoms with E-state index in [-0.39, 0.29) is 12.1 Å². The predicted octanol–water partition coefficient (Wildman–Crippen LogP) is 3.55. The van der Waals surface area contributed by atoms with Crippen LogP contribution in [-0.4, -0.2) is 12.1 Å². The third-order valence-electron chi connectivity index (χ3n) is 2.44. The number of hydrogen-bond acceptors (Lipinski definition) is 2. The highest BCUT2D eigenvalue weighted by Crippen LogP contribution is 2.07. The zero-order valence-corrected chi connectivity index (χ0v) is 9.89. The van der Waals surface area contributed by atoms with Crippen LogP contribution in [0, 0.1) is 0 Å². The lowest BCUT2D eigenvalue weighted by molar-refractivity contribution is -0.142. The summed E-state index contributed by atoms with van der Waals surface area (Å²) in [5.41, 5.74) is 0. The second-order valence-electron chi connectivity index (χ2n) is 4.01. The maximum absolute atomic E-state index is 11.3. The van der Waals surface area contributed by atoms with Gasteiger partial charge in [0.2, 0.25) is 0 Å². The third-order valence-corrected chi connectivity index (χ3v) is 2.44. The Morgan fingerprint density at radius 3 is 2.75 bits per heavy atom. The minimum absolute atomic E-state index is 0.0115. The molecular weight excluding hydrogens is 200 g/mol. The molecule has 0 fully saturated rings. The molecule has 0 aromatic carbocycles. The smallest absolute Gasteiger partial charge is 0.331 e. The molecule has 0 radical (unpaired) electrons. The highest BCUT2D eigenvalue weighted by molar-refractivity contribution is 5.82. The summed E-state index contributed by atoms with van der Waals surface area (Å²) < 4.78 is 5.21. The fourth-order valence-corrected chi connectivity index (χ4v) is 1.56. The van der Waals surface area contributed by atoms with Crippen LogP contribution in [0.5, 0.6) is 0 Å². The van der Waals surface area contributed by atoms with E-state index >= 15 is 0 Å². The Kier molecular flexibility index (Phi) is 6.31. The van der Waals surface area contributed by atoms with Crippen LogP contribution in [0.1, 0.15) is 39.0 Å². The first-order chi connectivity index (χ1) is 7.79. The van der Waals surface area contributed by atoms with Gasteiger partial charge in [0.05, 0.1) is 6.10 Å². The molecule has 1 aliphatic heterocycles. The maximum atomic E-state index is 11.3. The number of allylic oxidation sites excluding steroid dienone is 5. The van der Waals surface area contributed by atoms with E-state index in [0.29, 0.717) is 0 Å². The van der Waals surface area contributed by atoms with Gasteiger partial charge in [-0.05, 0) is 39.0 Å². The maximum Gasteiger partial charge on any atom is 0.331 e.